The number of ether oxygens (including phenoxy) is 1. The summed E-state index contributed by atoms with van der Waals surface area (Å²) < 4.78 is 5.55. The number of amides is 2. The van der Waals surface area contributed by atoms with Crippen LogP contribution in [-0.4, -0.2) is 51.3 Å². The number of aromatic nitrogens is 1. The lowest BCUT2D eigenvalue weighted by Gasteiger charge is -2.37. The van der Waals surface area contributed by atoms with E-state index < -0.39 is 5.60 Å². The van der Waals surface area contributed by atoms with Crippen LogP contribution in [0.15, 0.2) is 79.0 Å². The lowest BCUT2D eigenvalue weighted by molar-refractivity contribution is -0.0309. The quantitative estimate of drug-likeness (QED) is 0.417. The number of carbonyl (C=O) groups excluding carboxylic acids is 2. The molecule has 200 valence electrons. The Labute approximate surface area is 224 Å². The second kappa shape index (κ2) is 12.2. The smallest absolute Gasteiger partial charge is 0.410 e. The molecule has 1 aliphatic heterocycles. The minimum Gasteiger partial charge on any atom is -0.446 e. The van der Waals surface area contributed by atoms with Gasteiger partial charge in [0, 0.05) is 37.2 Å². The van der Waals surface area contributed by atoms with Crippen molar-refractivity contribution in [3.63, 3.8) is 0 Å². The molecule has 3 aromatic rings. The summed E-state index contributed by atoms with van der Waals surface area (Å²) in [6, 6.07) is 23.8. The predicted octanol–water partition coefficient (Wildman–Crippen LogP) is 5.76. The van der Waals surface area contributed by atoms with E-state index in [9.17, 15) is 14.7 Å². The molecule has 5 rings (SSSR count). The van der Waals surface area contributed by atoms with Crippen LogP contribution in [0.3, 0.4) is 0 Å². The van der Waals surface area contributed by atoms with Gasteiger partial charge in [-0.25, -0.2) is 4.79 Å². The van der Waals surface area contributed by atoms with Gasteiger partial charge in [0.1, 0.15) is 6.10 Å². The molecule has 2 heterocycles. The highest BCUT2D eigenvalue weighted by Gasteiger charge is 2.33. The van der Waals surface area contributed by atoms with Gasteiger partial charge in [-0.1, -0.05) is 60.7 Å². The number of aliphatic hydroxyl groups is 1. The molecule has 38 heavy (non-hydrogen) atoms. The highest BCUT2D eigenvalue weighted by molar-refractivity contribution is 5.94. The Bertz CT molecular complexity index is 1160. The molecular weight excluding hydrogens is 478 g/mol. The average Bonchev–Trinajstić information content (AvgIpc) is 3.73. The Hall–Kier alpha value is -3.71. The zero-order chi connectivity index (χ0) is 27.1. The van der Waals surface area contributed by atoms with Gasteiger partial charge in [-0.3, -0.25) is 9.78 Å². The van der Waals surface area contributed by atoms with Crippen molar-refractivity contribution in [2.75, 3.05) is 6.54 Å². The zero-order valence-corrected chi connectivity index (χ0v) is 22.3. The summed E-state index contributed by atoms with van der Waals surface area (Å²) in [6.07, 6.45) is 4.25. The van der Waals surface area contributed by atoms with Crippen LogP contribution in [0.25, 0.3) is 11.3 Å². The number of nitrogens with one attached hydrogen (secondary N) is 1. The average molecular weight is 516 g/mol. The van der Waals surface area contributed by atoms with Crippen molar-refractivity contribution < 1.29 is 19.4 Å². The summed E-state index contributed by atoms with van der Waals surface area (Å²) in [7, 11) is 0. The Kier molecular flexibility index (Phi) is 8.79. The molecule has 1 aliphatic carbocycles. The first-order chi connectivity index (χ1) is 18.2. The van der Waals surface area contributed by atoms with Crippen molar-refractivity contribution in [1.29, 1.82) is 0 Å². The molecule has 2 fully saturated rings. The highest BCUT2D eigenvalue weighted by Crippen LogP contribution is 2.29. The number of carbonyl (C=O) groups is 2. The molecule has 2 amide bonds. The van der Waals surface area contributed by atoms with Crippen LogP contribution in [-0.2, 0) is 4.74 Å². The summed E-state index contributed by atoms with van der Waals surface area (Å²) in [5, 5.41) is 12.9. The summed E-state index contributed by atoms with van der Waals surface area (Å²) in [6.45, 7) is 6.03. The van der Waals surface area contributed by atoms with Crippen LogP contribution in [0.1, 0.15) is 68.4 Å². The first-order valence-corrected chi connectivity index (χ1v) is 13.3. The normalized spacial score (nSPS) is 18.1. The van der Waals surface area contributed by atoms with Crippen molar-refractivity contribution in [2.24, 2.45) is 0 Å². The number of rotatable bonds is 7. The van der Waals surface area contributed by atoms with E-state index >= 15 is 0 Å². The lowest BCUT2D eigenvalue weighted by Crippen LogP contribution is -2.45. The fourth-order valence-corrected chi connectivity index (χ4v) is 4.39. The SMILES string of the molecule is CC(c1ccc(-c2ccc(C(=O)NC3CC3)cn2)cc1)N1CCC(CC(C)(C)O)OC1=O.c1ccccc1. The van der Waals surface area contributed by atoms with E-state index in [2.05, 4.69) is 10.3 Å². The maximum absolute atomic E-state index is 12.5. The number of pyridine rings is 1. The number of hydrogen-bond acceptors (Lipinski definition) is 5. The van der Waals surface area contributed by atoms with E-state index in [-0.39, 0.29) is 24.1 Å². The van der Waals surface area contributed by atoms with Gasteiger partial charge in [0.15, 0.2) is 0 Å². The van der Waals surface area contributed by atoms with E-state index in [0.717, 1.165) is 29.7 Å². The molecule has 1 aromatic heterocycles. The van der Waals surface area contributed by atoms with Gasteiger partial charge in [-0.05, 0) is 51.3 Å². The Morgan fingerprint density at radius 1 is 1.05 bits per heavy atom. The third-order valence-electron chi connectivity index (χ3n) is 6.68. The van der Waals surface area contributed by atoms with Crippen molar-refractivity contribution in [1.82, 2.24) is 15.2 Å². The van der Waals surface area contributed by atoms with Gasteiger partial charge in [0.05, 0.1) is 22.9 Å². The Morgan fingerprint density at radius 3 is 2.18 bits per heavy atom. The number of hydrogen-bond donors (Lipinski definition) is 2. The third kappa shape index (κ3) is 7.89. The van der Waals surface area contributed by atoms with Crippen LogP contribution < -0.4 is 5.32 Å². The molecular formula is C31H37N3O4. The molecule has 1 saturated heterocycles. The summed E-state index contributed by atoms with van der Waals surface area (Å²) in [5.74, 6) is -0.0751. The molecule has 2 N–H and O–H groups in total. The topological polar surface area (TPSA) is 91.8 Å². The maximum atomic E-state index is 12.5. The summed E-state index contributed by atoms with van der Waals surface area (Å²) >= 11 is 0. The fourth-order valence-electron chi connectivity index (χ4n) is 4.39. The van der Waals surface area contributed by atoms with Gasteiger partial charge in [0.25, 0.3) is 5.91 Å². The Morgan fingerprint density at radius 2 is 1.68 bits per heavy atom. The first kappa shape index (κ1) is 27.3. The molecule has 0 bridgehead atoms. The molecule has 2 aliphatic rings. The molecule has 2 unspecified atom stereocenters. The molecule has 0 radical (unpaired) electrons. The molecule has 0 spiro atoms. The van der Waals surface area contributed by atoms with Crippen LogP contribution in [0.4, 0.5) is 4.79 Å². The lowest BCUT2D eigenvalue weighted by atomic mass is 9.97. The largest absolute Gasteiger partial charge is 0.446 e. The molecule has 2 aromatic carbocycles. The van der Waals surface area contributed by atoms with E-state index in [1.165, 1.54) is 0 Å². The zero-order valence-electron chi connectivity index (χ0n) is 22.3. The second-order valence-electron chi connectivity index (χ2n) is 10.6. The number of benzene rings is 2. The monoisotopic (exact) mass is 515 g/mol. The first-order valence-electron chi connectivity index (χ1n) is 13.3. The van der Waals surface area contributed by atoms with Crippen LogP contribution in [0.5, 0.6) is 0 Å². The number of nitrogens with zero attached hydrogens (tertiary/aromatic N) is 2. The summed E-state index contributed by atoms with van der Waals surface area (Å²) in [4.78, 5) is 30.8. The van der Waals surface area contributed by atoms with Gasteiger partial charge in [0.2, 0.25) is 0 Å². The standard InChI is InChI=1S/C25H31N3O4.C6H6/c1-16(28-13-12-21(32-24(28)30)14-25(2,3)31)17-4-6-18(7-5-17)22-11-8-19(15-26-22)23(29)27-20-9-10-20;1-2-4-6-5-3-1/h4-8,11,15-16,20-21,31H,9-10,12-14H2,1-3H3,(H,27,29);1-6H. The molecule has 1 saturated carbocycles. The summed E-state index contributed by atoms with van der Waals surface area (Å²) in [5.41, 5.74) is 2.45. The van der Waals surface area contributed by atoms with E-state index in [1.807, 2.05) is 73.7 Å². The van der Waals surface area contributed by atoms with Gasteiger partial charge < -0.3 is 20.1 Å². The van der Waals surface area contributed by atoms with Crippen molar-refractivity contribution in [2.45, 2.75) is 70.2 Å². The van der Waals surface area contributed by atoms with Crippen molar-refractivity contribution in [3.05, 3.63) is 90.1 Å². The Balaban J connectivity index is 0.000000494. The van der Waals surface area contributed by atoms with Gasteiger partial charge >= 0.3 is 6.09 Å². The van der Waals surface area contributed by atoms with E-state index in [0.29, 0.717) is 31.0 Å². The third-order valence-corrected chi connectivity index (χ3v) is 6.68. The van der Waals surface area contributed by atoms with E-state index in [4.69, 9.17) is 4.74 Å². The maximum Gasteiger partial charge on any atom is 0.410 e. The van der Waals surface area contributed by atoms with Crippen LogP contribution in [0, 0.1) is 0 Å². The van der Waals surface area contributed by atoms with Gasteiger partial charge in [-0.15, -0.1) is 0 Å². The van der Waals surface area contributed by atoms with Gasteiger partial charge in [-0.2, -0.15) is 0 Å². The fraction of sp³-hybridized carbons (Fsp3) is 0.387. The molecule has 7 nitrogen and oxygen atoms in total. The van der Waals surface area contributed by atoms with Crippen molar-refractivity contribution >= 4 is 12.0 Å². The molecule has 2 atom stereocenters. The van der Waals surface area contributed by atoms with Crippen LogP contribution >= 0.6 is 0 Å². The second-order valence-corrected chi connectivity index (χ2v) is 10.6. The minimum atomic E-state index is -0.859. The van der Waals surface area contributed by atoms with E-state index in [1.54, 1.807) is 31.0 Å². The molecule has 7 heteroatoms. The highest BCUT2D eigenvalue weighted by atomic mass is 16.6. The number of cyclic esters (lactones) is 1. The predicted molar refractivity (Wildman–Crippen MR) is 148 cm³/mol. The minimum absolute atomic E-state index is 0.0751. The van der Waals surface area contributed by atoms with Crippen molar-refractivity contribution in [3.8, 4) is 11.3 Å². The van der Waals surface area contributed by atoms with Crippen LogP contribution in [0.2, 0.25) is 0 Å².